The number of methoxy groups -OCH3 is 1. The van der Waals surface area contributed by atoms with E-state index in [4.69, 9.17) is 16.3 Å². The summed E-state index contributed by atoms with van der Waals surface area (Å²) in [6.07, 6.45) is 5.06. The van der Waals surface area contributed by atoms with Crippen LogP contribution in [0.15, 0.2) is 77.7 Å². The molecular formula is C32H38ClN3O5S. The Hall–Kier alpha value is -3.56. The van der Waals surface area contributed by atoms with Gasteiger partial charge in [-0.05, 0) is 68.7 Å². The van der Waals surface area contributed by atoms with E-state index >= 15 is 0 Å². The molecule has 3 aromatic carbocycles. The van der Waals surface area contributed by atoms with Crippen LogP contribution >= 0.6 is 11.6 Å². The molecule has 42 heavy (non-hydrogen) atoms. The van der Waals surface area contributed by atoms with Gasteiger partial charge in [0.1, 0.15) is 18.3 Å². The maximum Gasteiger partial charge on any atom is 0.264 e. The van der Waals surface area contributed by atoms with Gasteiger partial charge in [-0.15, -0.1) is 0 Å². The van der Waals surface area contributed by atoms with Crippen LogP contribution in [-0.2, 0) is 26.2 Å². The van der Waals surface area contributed by atoms with Crippen LogP contribution in [0.3, 0.4) is 0 Å². The smallest absolute Gasteiger partial charge is 0.264 e. The summed E-state index contributed by atoms with van der Waals surface area (Å²) >= 11 is 6.47. The van der Waals surface area contributed by atoms with Gasteiger partial charge >= 0.3 is 0 Å². The first-order valence-electron chi connectivity index (χ1n) is 14.2. The highest BCUT2D eigenvalue weighted by molar-refractivity contribution is 7.92. The molecule has 0 bridgehead atoms. The minimum Gasteiger partial charge on any atom is -0.497 e. The minimum absolute atomic E-state index is 0.0330. The second-order valence-electron chi connectivity index (χ2n) is 10.7. The topological polar surface area (TPSA) is 96.0 Å². The van der Waals surface area contributed by atoms with Gasteiger partial charge in [-0.3, -0.25) is 13.9 Å². The third-order valence-electron chi connectivity index (χ3n) is 7.64. The summed E-state index contributed by atoms with van der Waals surface area (Å²) in [5.74, 6) is -0.143. The van der Waals surface area contributed by atoms with E-state index in [2.05, 4.69) is 5.32 Å². The Morgan fingerprint density at radius 1 is 0.976 bits per heavy atom. The highest BCUT2D eigenvalue weighted by atomic mass is 35.5. The molecule has 1 atom stereocenters. The van der Waals surface area contributed by atoms with Crippen molar-refractivity contribution >= 4 is 39.1 Å². The van der Waals surface area contributed by atoms with Crippen molar-refractivity contribution in [3.8, 4) is 5.75 Å². The fraction of sp³-hybridized carbons (Fsp3) is 0.375. The number of anilines is 1. The van der Waals surface area contributed by atoms with Crippen molar-refractivity contribution in [3.05, 3.63) is 88.9 Å². The Morgan fingerprint density at radius 2 is 1.62 bits per heavy atom. The number of amides is 2. The first kappa shape index (κ1) is 31.4. The summed E-state index contributed by atoms with van der Waals surface area (Å²) in [5, 5.41) is 3.29. The lowest BCUT2D eigenvalue weighted by molar-refractivity contribution is -0.139. The Bertz CT molecular complexity index is 1470. The highest BCUT2D eigenvalue weighted by Crippen LogP contribution is 2.31. The standard InChI is InChI=1S/C32H38ClN3O5S/c1-23-13-19-28(20-14-23)42(39,40)36(30-12-8-7-11-29(30)33)22-31(37)35(21-25-15-17-27(41-3)18-16-25)24(2)32(38)34-26-9-5-4-6-10-26/h7-8,11-20,24,26H,4-6,9-10,21-22H2,1-3H3,(H,34,38)/t24-/m0/s1. The van der Waals surface area contributed by atoms with Crippen LogP contribution in [0.1, 0.15) is 50.2 Å². The van der Waals surface area contributed by atoms with Crippen LogP contribution in [0.5, 0.6) is 5.75 Å². The summed E-state index contributed by atoms with van der Waals surface area (Å²) in [5.41, 5.74) is 1.85. The lowest BCUT2D eigenvalue weighted by atomic mass is 9.95. The fourth-order valence-electron chi connectivity index (χ4n) is 5.08. The Kier molecular flexibility index (Phi) is 10.5. The molecule has 0 aliphatic heterocycles. The van der Waals surface area contributed by atoms with Gasteiger partial charge in [0.05, 0.1) is 22.7 Å². The molecule has 1 N–H and O–H groups in total. The maximum absolute atomic E-state index is 14.1. The van der Waals surface area contributed by atoms with Crippen LogP contribution in [0, 0.1) is 6.92 Å². The van der Waals surface area contributed by atoms with E-state index in [-0.39, 0.29) is 34.1 Å². The van der Waals surface area contributed by atoms with Gasteiger partial charge in [-0.25, -0.2) is 8.42 Å². The van der Waals surface area contributed by atoms with Gasteiger partial charge < -0.3 is 15.0 Å². The second kappa shape index (κ2) is 14.1. The summed E-state index contributed by atoms with van der Waals surface area (Å²) < 4.78 is 34.2. The molecule has 1 aliphatic rings. The van der Waals surface area contributed by atoms with Crippen LogP contribution in [0.2, 0.25) is 5.02 Å². The summed E-state index contributed by atoms with van der Waals surface area (Å²) in [7, 11) is -2.62. The first-order valence-corrected chi connectivity index (χ1v) is 16.0. The van der Waals surface area contributed by atoms with E-state index in [1.54, 1.807) is 62.6 Å². The van der Waals surface area contributed by atoms with Crippen molar-refractivity contribution in [2.24, 2.45) is 0 Å². The average Bonchev–Trinajstić information content (AvgIpc) is 2.99. The lowest BCUT2D eigenvalue weighted by Crippen LogP contribution is -2.53. The zero-order valence-electron chi connectivity index (χ0n) is 24.3. The van der Waals surface area contributed by atoms with Crippen molar-refractivity contribution in [2.45, 2.75) is 69.5 Å². The number of carbonyl (C=O) groups is 2. The maximum atomic E-state index is 14.1. The molecule has 0 unspecified atom stereocenters. The molecule has 3 aromatic rings. The van der Waals surface area contributed by atoms with Crippen molar-refractivity contribution in [1.82, 2.24) is 10.2 Å². The largest absolute Gasteiger partial charge is 0.497 e. The Morgan fingerprint density at radius 3 is 2.24 bits per heavy atom. The molecule has 0 heterocycles. The number of halogens is 1. The van der Waals surface area contributed by atoms with Gasteiger partial charge in [-0.1, -0.05) is 72.8 Å². The number of ether oxygens (including phenoxy) is 1. The zero-order chi connectivity index (χ0) is 30.3. The molecule has 2 amide bonds. The number of nitrogens with one attached hydrogen (secondary N) is 1. The normalized spacial score (nSPS) is 14.6. The number of hydrogen-bond acceptors (Lipinski definition) is 5. The quantitative estimate of drug-likeness (QED) is 0.299. The molecule has 0 radical (unpaired) electrons. The predicted molar refractivity (Wildman–Crippen MR) is 165 cm³/mol. The highest BCUT2D eigenvalue weighted by Gasteiger charge is 2.34. The molecule has 0 saturated heterocycles. The average molecular weight is 612 g/mol. The van der Waals surface area contributed by atoms with Crippen molar-refractivity contribution in [2.75, 3.05) is 18.0 Å². The van der Waals surface area contributed by atoms with Crippen LogP contribution < -0.4 is 14.4 Å². The number of nitrogens with zero attached hydrogens (tertiary/aromatic N) is 2. The number of carbonyl (C=O) groups excluding carboxylic acids is 2. The van der Waals surface area contributed by atoms with Gasteiger partial charge in [0, 0.05) is 12.6 Å². The molecular weight excluding hydrogens is 574 g/mol. The number of rotatable bonds is 11. The molecule has 1 fully saturated rings. The molecule has 4 rings (SSSR count). The number of sulfonamides is 1. The summed E-state index contributed by atoms with van der Waals surface area (Å²) in [6, 6.07) is 19.3. The SMILES string of the molecule is COc1ccc(CN(C(=O)CN(c2ccccc2Cl)S(=O)(=O)c2ccc(C)cc2)[C@@H](C)C(=O)NC2CCCCC2)cc1. The van der Waals surface area contributed by atoms with Crippen LogP contribution in [-0.4, -0.2) is 50.9 Å². The molecule has 224 valence electrons. The van der Waals surface area contributed by atoms with Crippen molar-refractivity contribution in [1.29, 1.82) is 0 Å². The van der Waals surface area contributed by atoms with E-state index in [0.717, 1.165) is 47.5 Å². The van der Waals surface area contributed by atoms with Crippen LogP contribution in [0.4, 0.5) is 5.69 Å². The van der Waals surface area contributed by atoms with Gasteiger partial charge in [0.15, 0.2) is 0 Å². The third kappa shape index (κ3) is 7.63. The molecule has 0 spiro atoms. The van der Waals surface area contributed by atoms with E-state index in [9.17, 15) is 18.0 Å². The first-order chi connectivity index (χ1) is 20.1. The predicted octanol–water partition coefficient (Wildman–Crippen LogP) is 5.72. The number of benzene rings is 3. The molecule has 1 aliphatic carbocycles. The zero-order valence-corrected chi connectivity index (χ0v) is 25.8. The van der Waals surface area contributed by atoms with E-state index in [1.165, 1.54) is 17.0 Å². The number of aryl methyl sites for hydroxylation is 1. The van der Waals surface area contributed by atoms with Crippen molar-refractivity contribution in [3.63, 3.8) is 0 Å². The lowest BCUT2D eigenvalue weighted by Gasteiger charge is -2.33. The Balaban J connectivity index is 1.68. The van der Waals surface area contributed by atoms with Crippen molar-refractivity contribution < 1.29 is 22.7 Å². The third-order valence-corrected chi connectivity index (χ3v) is 9.73. The van der Waals surface area contributed by atoms with E-state index < -0.39 is 28.5 Å². The van der Waals surface area contributed by atoms with Gasteiger partial charge in [-0.2, -0.15) is 0 Å². The fourth-order valence-corrected chi connectivity index (χ4v) is 6.80. The number of hydrogen-bond donors (Lipinski definition) is 1. The summed E-state index contributed by atoms with van der Waals surface area (Å²) in [6.45, 7) is 3.09. The molecule has 1 saturated carbocycles. The van der Waals surface area contributed by atoms with E-state index in [1.807, 2.05) is 19.1 Å². The van der Waals surface area contributed by atoms with E-state index in [0.29, 0.717) is 5.75 Å². The Labute approximate surface area is 253 Å². The molecule has 10 heteroatoms. The molecule has 8 nitrogen and oxygen atoms in total. The monoisotopic (exact) mass is 611 g/mol. The minimum atomic E-state index is -4.19. The van der Waals surface area contributed by atoms with Gasteiger partial charge in [0.25, 0.3) is 10.0 Å². The summed E-state index contributed by atoms with van der Waals surface area (Å²) in [4.78, 5) is 29.0. The molecule has 0 aromatic heterocycles. The van der Waals surface area contributed by atoms with Crippen LogP contribution in [0.25, 0.3) is 0 Å². The van der Waals surface area contributed by atoms with Gasteiger partial charge in [0.2, 0.25) is 11.8 Å². The second-order valence-corrected chi connectivity index (χ2v) is 12.9. The number of para-hydroxylation sites is 1.